The van der Waals surface area contributed by atoms with Gasteiger partial charge >= 0.3 is 5.97 Å². The highest BCUT2D eigenvalue weighted by molar-refractivity contribution is 6.01. The highest BCUT2D eigenvalue weighted by Crippen LogP contribution is 2.26. The van der Waals surface area contributed by atoms with Crippen LogP contribution in [0.5, 0.6) is 5.75 Å². The Hall–Kier alpha value is -2.28. The second kappa shape index (κ2) is 5.71. The fourth-order valence-electron chi connectivity index (χ4n) is 1.41. The quantitative estimate of drug-likeness (QED) is 0.492. The van der Waals surface area contributed by atoms with E-state index >= 15 is 0 Å². The van der Waals surface area contributed by atoms with Crippen molar-refractivity contribution in [3.8, 4) is 11.8 Å². The van der Waals surface area contributed by atoms with Crippen molar-refractivity contribution in [3.05, 3.63) is 35.4 Å². The Bertz CT molecular complexity index is 498. The standard InChI is InChI=1S/C13H13NO3/c1-3-17-13(16)11(8-14)9(2)10-6-4-5-7-12(10)15/h4-7,15H,3H2,1-2H3. The van der Waals surface area contributed by atoms with Crippen LogP contribution in [0.25, 0.3) is 5.57 Å². The van der Waals surface area contributed by atoms with Gasteiger partial charge in [0, 0.05) is 5.56 Å². The zero-order chi connectivity index (χ0) is 12.8. The van der Waals surface area contributed by atoms with Crippen LogP contribution in [0.3, 0.4) is 0 Å². The molecule has 0 radical (unpaired) electrons. The van der Waals surface area contributed by atoms with E-state index in [4.69, 9.17) is 10.00 Å². The number of carbonyl (C=O) groups excluding carboxylic acids is 1. The summed E-state index contributed by atoms with van der Waals surface area (Å²) in [4.78, 5) is 11.5. The van der Waals surface area contributed by atoms with Gasteiger partial charge in [0.15, 0.2) is 0 Å². The van der Waals surface area contributed by atoms with Gasteiger partial charge in [-0.15, -0.1) is 0 Å². The Morgan fingerprint density at radius 3 is 2.65 bits per heavy atom. The van der Waals surface area contributed by atoms with Crippen LogP contribution in [0, 0.1) is 11.3 Å². The lowest BCUT2D eigenvalue weighted by atomic mass is 10.0. The monoisotopic (exact) mass is 231 g/mol. The Kier molecular flexibility index (Phi) is 4.29. The third-order valence-electron chi connectivity index (χ3n) is 2.27. The average molecular weight is 231 g/mol. The van der Waals surface area contributed by atoms with Crippen LogP contribution in [-0.2, 0) is 9.53 Å². The van der Waals surface area contributed by atoms with Gasteiger partial charge in [-0.05, 0) is 25.5 Å². The highest BCUT2D eigenvalue weighted by atomic mass is 16.5. The third kappa shape index (κ3) is 2.85. The van der Waals surface area contributed by atoms with E-state index in [1.807, 2.05) is 0 Å². The molecule has 0 bridgehead atoms. The number of allylic oxidation sites excluding steroid dienone is 1. The molecule has 0 fully saturated rings. The van der Waals surface area contributed by atoms with E-state index in [0.717, 1.165) is 0 Å². The fourth-order valence-corrected chi connectivity index (χ4v) is 1.41. The predicted molar refractivity (Wildman–Crippen MR) is 62.9 cm³/mol. The minimum atomic E-state index is -0.671. The molecule has 1 aromatic carbocycles. The Morgan fingerprint density at radius 2 is 2.12 bits per heavy atom. The van der Waals surface area contributed by atoms with E-state index in [0.29, 0.717) is 11.1 Å². The van der Waals surface area contributed by atoms with Crippen molar-refractivity contribution >= 4 is 11.5 Å². The van der Waals surface area contributed by atoms with Crippen LogP contribution in [0.4, 0.5) is 0 Å². The van der Waals surface area contributed by atoms with Crippen molar-refractivity contribution < 1.29 is 14.6 Å². The number of para-hydroxylation sites is 1. The highest BCUT2D eigenvalue weighted by Gasteiger charge is 2.16. The van der Waals surface area contributed by atoms with E-state index < -0.39 is 5.97 Å². The normalized spacial score (nSPS) is 11.4. The maximum Gasteiger partial charge on any atom is 0.349 e. The first kappa shape index (κ1) is 12.8. The molecule has 0 heterocycles. The lowest BCUT2D eigenvalue weighted by Gasteiger charge is -2.07. The van der Waals surface area contributed by atoms with Crippen LogP contribution in [-0.4, -0.2) is 17.7 Å². The van der Waals surface area contributed by atoms with Gasteiger partial charge in [-0.1, -0.05) is 18.2 Å². The van der Waals surface area contributed by atoms with Crippen molar-refractivity contribution in [1.29, 1.82) is 5.26 Å². The summed E-state index contributed by atoms with van der Waals surface area (Å²) in [6.45, 7) is 3.48. The Labute approximate surface area is 99.8 Å². The number of ether oxygens (including phenoxy) is 1. The maximum atomic E-state index is 11.5. The molecule has 0 unspecified atom stereocenters. The summed E-state index contributed by atoms with van der Waals surface area (Å²) in [6.07, 6.45) is 0. The molecular weight excluding hydrogens is 218 g/mol. The first-order valence-corrected chi connectivity index (χ1v) is 5.18. The largest absolute Gasteiger partial charge is 0.507 e. The van der Waals surface area contributed by atoms with Gasteiger partial charge in [-0.25, -0.2) is 4.79 Å². The lowest BCUT2D eigenvalue weighted by molar-refractivity contribution is -0.137. The van der Waals surface area contributed by atoms with Crippen molar-refractivity contribution in [2.24, 2.45) is 0 Å². The van der Waals surface area contributed by atoms with E-state index in [-0.39, 0.29) is 17.9 Å². The average Bonchev–Trinajstić information content (AvgIpc) is 2.30. The minimum absolute atomic E-state index is 0.0297. The summed E-state index contributed by atoms with van der Waals surface area (Å²) >= 11 is 0. The summed E-state index contributed by atoms with van der Waals surface area (Å²) in [5, 5.41) is 18.6. The molecule has 0 amide bonds. The topological polar surface area (TPSA) is 70.3 Å². The van der Waals surface area contributed by atoms with Gasteiger partial charge in [-0.2, -0.15) is 5.26 Å². The zero-order valence-corrected chi connectivity index (χ0v) is 9.73. The van der Waals surface area contributed by atoms with Crippen molar-refractivity contribution in [3.63, 3.8) is 0 Å². The maximum absolute atomic E-state index is 11.5. The molecule has 1 rings (SSSR count). The van der Waals surface area contributed by atoms with Gasteiger partial charge in [0.05, 0.1) is 6.61 Å². The summed E-state index contributed by atoms with van der Waals surface area (Å²) in [6, 6.07) is 8.34. The van der Waals surface area contributed by atoms with Crippen LogP contribution < -0.4 is 0 Å². The number of hydrogen-bond donors (Lipinski definition) is 1. The SMILES string of the molecule is CCOC(=O)C(C#N)=C(C)c1ccccc1O. The smallest absolute Gasteiger partial charge is 0.349 e. The Morgan fingerprint density at radius 1 is 1.47 bits per heavy atom. The summed E-state index contributed by atoms with van der Waals surface area (Å²) in [5.74, 6) is -0.641. The first-order valence-electron chi connectivity index (χ1n) is 5.18. The van der Waals surface area contributed by atoms with Crippen LogP contribution in [0.15, 0.2) is 29.8 Å². The van der Waals surface area contributed by atoms with Crippen molar-refractivity contribution in [1.82, 2.24) is 0 Å². The number of nitrogens with zero attached hydrogens (tertiary/aromatic N) is 1. The number of phenols is 1. The molecule has 0 saturated heterocycles. The molecule has 0 aromatic heterocycles. The van der Waals surface area contributed by atoms with E-state index in [2.05, 4.69) is 0 Å². The summed E-state index contributed by atoms with van der Waals surface area (Å²) < 4.78 is 4.78. The molecule has 1 N–H and O–H groups in total. The summed E-state index contributed by atoms with van der Waals surface area (Å²) in [5.41, 5.74) is 0.773. The van der Waals surface area contributed by atoms with Gasteiger partial charge in [0.1, 0.15) is 17.4 Å². The number of esters is 1. The number of aromatic hydroxyl groups is 1. The molecular formula is C13H13NO3. The predicted octanol–water partition coefficient (Wildman–Crippen LogP) is 2.25. The molecule has 17 heavy (non-hydrogen) atoms. The molecule has 0 aliphatic carbocycles. The minimum Gasteiger partial charge on any atom is -0.507 e. The fraction of sp³-hybridized carbons (Fsp3) is 0.231. The molecule has 0 aliphatic heterocycles. The van der Waals surface area contributed by atoms with Crippen molar-refractivity contribution in [2.75, 3.05) is 6.61 Å². The van der Waals surface area contributed by atoms with E-state index in [1.54, 1.807) is 38.1 Å². The molecule has 4 nitrogen and oxygen atoms in total. The molecule has 0 spiro atoms. The molecule has 0 atom stereocenters. The molecule has 1 aromatic rings. The number of hydrogen-bond acceptors (Lipinski definition) is 4. The number of benzene rings is 1. The van der Waals surface area contributed by atoms with Crippen LogP contribution in [0.1, 0.15) is 19.4 Å². The van der Waals surface area contributed by atoms with Gasteiger partial charge in [0.25, 0.3) is 0 Å². The molecule has 0 saturated carbocycles. The van der Waals surface area contributed by atoms with Gasteiger partial charge < -0.3 is 9.84 Å². The molecule has 0 aliphatic rings. The number of rotatable bonds is 3. The second-order valence-corrected chi connectivity index (χ2v) is 3.35. The van der Waals surface area contributed by atoms with Crippen LogP contribution in [0.2, 0.25) is 0 Å². The lowest BCUT2D eigenvalue weighted by Crippen LogP contribution is -2.08. The summed E-state index contributed by atoms with van der Waals surface area (Å²) in [7, 11) is 0. The van der Waals surface area contributed by atoms with E-state index in [9.17, 15) is 9.90 Å². The molecule has 88 valence electrons. The van der Waals surface area contributed by atoms with Gasteiger partial charge in [-0.3, -0.25) is 0 Å². The molecule has 4 heteroatoms. The van der Waals surface area contributed by atoms with Gasteiger partial charge in [0.2, 0.25) is 0 Å². The third-order valence-corrected chi connectivity index (χ3v) is 2.27. The first-order chi connectivity index (χ1) is 8.11. The Balaban J connectivity index is 3.24. The van der Waals surface area contributed by atoms with E-state index in [1.165, 1.54) is 6.07 Å². The number of phenolic OH excluding ortho intramolecular Hbond substituents is 1. The van der Waals surface area contributed by atoms with Crippen molar-refractivity contribution in [2.45, 2.75) is 13.8 Å². The number of carbonyl (C=O) groups is 1. The zero-order valence-electron chi connectivity index (χ0n) is 9.73. The van der Waals surface area contributed by atoms with Crippen LogP contribution >= 0.6 is 0 Å². The second-order valence-electron chi connectivity index (χ2n) is 3.35. The number of nitriles is 1.